The van der Waals surface area contributed by atoms with Crippen molar-refractivity contribution in [2.75, 3.05) is 39.5 Å². The van der Waals surface area contributed by atoms with E-state index < -0.39 is 5.97 Å². The fourth-order valence-electron chi connectivity index (χ4n) is 4.34. The molecule has 0 radical (unpaired) electrons. The smallest absolute Gasteiger partial charge is 0.341 e. The summed E-state index contributed by atoms with van der Waals surface area (Å²) in [6, 6.07) is 3.59. The minimum Gasteiger partial charge on any atom is -0.493 e. The largest absolute Gasteiger partial charge is 0.493 e. The lowest BCUT2D eigenvalue weighted by atomic mass is 10.1. The topological polar surface area (TPSA) is 114 Å². The summed E-state index contributed by atoms with van der Waals surface area (Å²) in [6.45, 7) is 0. The standard InChI is InChI=1S/C25H30N4O6S2/c1-29-22(14-11-16(32-2)21(34-4)17(12-14)33-3)27-28-25(29)36-13-19(30)26-23-20(24(31)35-5)15-9-7-6-8-10-18(15)37-23/h11-12H,6-10,13H2,1-5H3,(H,26,30). The number of hydrogen-bond acceptors (Lipinski definition) is 10. The molecule has 0 spiro atoms. The number of thioether (sulfide) groups is 1. The van der Waals surface area contributed by atoms with Crippen molar-refractivity contribution in [3.05, 3.63) is 28.1 Å². The van der Waals surface area contributed by atoms with Gasteiger partial charge >= 0.3 is 5.97 Å². The molecule has 10 nitrogen and oxygen atoms in total. The van der Waals surface area contributed by atoms with Gasteiger partial charge in [-0.25, -0.2) is 4.79 Å². The van der Waals surface area contributed by atoms with Gasteiger partial charge in [0, 0.05) is 17.5 Å². The zero-order chi connectivity index (χ0) is 26.5. The maximum atomic E-state index is 12.9. The van der Waals surface area contributed by atoms with Crippen LogP contribution in [0, 0.1) is 0 Å². The summed E-state index contributed by atoms with van der Waals surface area (Å²) in [7, 11) is 7.83. The number of nitrogens with one attached hydrogen (secondary N) is 1. The number of esters is 1. The summed E-state index contributed by atoms with van der Waals surface area (Å²) in [5.41, 5.74) is 2.23. The second kappa shape index (κ2) is 11.9. The molecule has 0 atom stereocenters. The highest BCUT2D eigenvalue weighted by Crippen LogP contribution is 2.41. The van der Waals surface area contributed by atoms with E-state index in [1.54, 1.807) is 38.0 Å². The molecule has 1 aromatic carbocycles. The Morgan fingerprint density at radius 2 is 1.73 bits per heavy atom. The summed E-state index contributed by atoms with van der Waals surface area (Å²) in [6.07, 6.45) is 4.98. The first-order valence-electron chi connectivity index (χ1n) is 11.8. The molecule has 4 rings (SSSR count). The van der Waals surface area contributed by atoms with Gasteiger partial charge in [-0.15, -0.1) is 21.5 Å². The summed E-state index contributed by atoms with van der Waals surface area (Å²) in [5.74, 6) is 1.53. The van der Waals surface area contributed by atoms with E-state index in [0.717, 1.165) is 48.1 Å². The van der Waals surface area contributed by atoms with Gasteiger partial charge in [-0.3, -0.25) is 4.79 Å². The van der Waals surface area contributed by atoms with Crippen molar-refractivity contribution < 1.29 is 28.5 Å². The maximum absolute atomic E-state index is 12.9. The molecule has 1 aliphatic rings. The molecule has 0 bridgehead atoms. The van der Waals surface area contributed by atoms with E-state index in [2.05, 4.69) is 15.5 Å². The molecule has 2 heterocycles. The van der Waals surface area contributed by atoms with Crippen LogP contribution in [-0.2, 0) is 29.4 Å². The van der Waals surface area contributed by atoms with Gasteiger partial charge < -0.3 is 28.8 Å². The highest BCUT2D eigenvalue weighted by molar-refractivity contribution is 7.99. The number of rotatable bonds is 9. The van der Waals surface area contributed by atoms with Gasteiger partial charge in [-0.05, 0) is 43.4 Å². The predicted octanol–water partition coefficient (Wildman–Crippen LogP) is 4.36. The first-order valence-corrected chi connectivity index (χ1v) is 13.6. The number of carbonyl (C=O) groups excluding carboxylic acids is 2. The van der Waals surface area contributed by atoms with Crippen molar-refractivity contribution in [1.82, 2.24) is 14.8 Å². The van der Waals surface area contributed by atoms with Crippen molar-refractivity contribution in [2.24, 2.45) is 7.05 Å². The van der Waals surface area contributed by atoms with Crippen LogP contribution in [0.5, 0.6) is 17.2 Å². The van der Waals surface area contributed by atoms with Crippen LogP contribution in [0.15, 0.2) is 17.3 Å². The SMILES string of the molecule is COC(=O)c1c(NC(=O)CSc2nnc(-c3cc(OC)c(OC)c(OC)c3)n2C)sc2c1CCCCC2. The molecular weight excluding hydrogens is 516 g/mol. The zero-order valence-electron chi connectivity index (χ0n) is 21.5. The number of fused-ring (bicyclic) bond motifs is 1. The number of ether oxygens (including phenoxy) is 4. The summed E-state index contributed by atoms with van der Waals surface area (Å²) >= 11 is 2.73. The third-order valence-corrected chi connectivity index (χ3v) is 8.38. The van der Waals surface area contributed by atoms with Gasteiger partial charge in [-0.1, -0.05) is 18.2 Å². The Balaban J connectivity index is 1.50. The molecule has 0 saturated carbocycles. The molecule has 1 aliphatic carbocycles. The summed E-state index contributed by atoms with van der Waals surface area (Å²) in [4.78, 5) is 26.6. The highest BCUT2D eigenvalue weighted by atomic mass is 32.2. The van der Waals surface area contributed by atoms with Crippen LogP contribution in [0.4, 0.5) is 5.00 Å². The number of methoxy groups -OCH3 is 4. The molecule has 0 fully saturated rings. The third-order valence-electron chi connectivity index (χ3n) is 6.15. The van der Waals surface area contributed by atoms with Crippen molar-refractivity contribution in [1.29, 1.82) is 0 Å². The van der Waals surface area contributed by atoms with Gasteiger partial charge in [-0.2, -0.15) is 0 Å². The molecule has 198 valence electrons. The van der Waals surface area contributed by atoms with Gasteiger partial charge in [0.05, 0.1) is 39.8 Å². The average Bonchev–Trinajstić information content (AvgIpc) is 3.35. The first-order chi connectivity index (χ1) is 17.9. The minimum atomic E-state index is -0.411. The van der Waals surface area contributed by atoms with E-state index in [-0.39, 0.29) is 11.7 Å². The van der Waals surface area contributed by atoms with E-state index in [4.69, 9.17) is 18.9 Å². The van der Waals surface area contributed by atoms with E-state index in [1.807, 2.05) is 7.05 Å². The van der Waals surface area contributed by atoms with E-state index >= 15 is 0 Å². The monoisotopic (exact) mass is 546 g/mol. The van der Waals surface area contributed by atoms with Crippen molar-refractivity contribution in [3.8, 4) is 28.6 Å². The normalized spacial score (nSPS) is 12.9. The van der Waals surface area contributed by atoms with E-state index in [1.165, 1.54) is 30.2 Å². The number of amides is 1. The predicted molar refractivity (Wildman–Crippen MR) is 142 cm³/mol. The minimum absolute atomic E-state index is 0.102. The van der Waals surface area contributed by atoms with Gasteiger partial charge in [0.15, 0.2) is 22.5 Å². The fourth-order valence-corrected chi connectivity index (χ4v) is 6.35. The second-order valence-electron chi connectivity index (χ2n) is 8.38. The van der Waals surface area contributed by atoms with Crippen LogP contribution in [-0.4, -0.2) is 60.8 Å². The quantitative estimate of drug-likeness (QED) is 0.238. The molecule has 0 unspecified atom stereocenters. The Labute approximate surface area is 223 Å². The van der Waals surface area contributed by atoms with Crippen molar-refractivity contribution in [2.45, 2.75) is 37.3 Å². The molecule has 0 aliphatic heterocycles. The van der Waals surface area contributed by atoms with Crippen LogP contribution in [0.3, 0.4) is 0 Å². The van der Waals surface area contributed by atoms with Crippen LogP contribution in [0.25, 0.3) is 11.4 Å². The molecule has 0 saturated heterocycles. The second-order valence-corrected chi connectivity index (χ2v) is 10.4. The molecule has 1 N–H and O–H groups in total. The maximum Gasteiger partial charge on any atom is 0.341 e. The number of aromatic nitrogens is 3. The summed E-state index contributed by atoms with van der Waals surface area (Å²) in [5, 5.41) is 12.6. The van der Waals surface area contributed by atoms with E-state index in [0.29, 0.717) is 38.8 Å². The highest BCUT2D eigenvalue weighted by Gasteiger charge is 2.26. The molecule has 12 heteroatoms. The number of carbonyl (C=O) groups is 2. The summed E-state index contributed by atoms with van der Waals surface area (Å²) < 4.78 is 23.1. The Kier molecular flexibility index (Phi) is 8.59. The molecular formula is C25H30N4O6S2. The third kappa shape index (κ3) is 5.54. The Hall–Kier alpha value is -3.25. The molecule has 2 aromatic heterocycles. The number of anilines is 1. The lowest BCUT2D eigenvalue weighted by molar-refractivity contribution is -0.113. The van der Waals surface area contributed by atoms with Crippen LogP contribution < -0.4 is 19.5 Å². The number of hydrogen-bond donors (Lipinski definition) is 1. The van der Waals surface area contributed by atoms with Gasteiger partial charge in [0.1, 0.15) is 5.00 Å². The van der Waals surface area contributed by atoms with Crippen molar-refractivity contribution >= 4 is 40.0 Å². The Morgan fingerprint density at radius 1 is 1.03 bits per heavy atom. The van der Waals surface area contributed by atoms with E-state index in [9.17, 15) is 9.59 Å². The number of benzene rings is 1. The van der Waals surface area contributed by atoms with Crippen molar-refractivity contribution in [3.63, 3.8) is 0 Å². The van der Waals surface area contributed by atoms with Crippen LogP contribution >= 0.6 is 23.1 Å². The molecule has 3 aromatic rings. The number of nitrogens with zero attached hydrogens (tertiary/aromatic N) is 3. The zero-order valence-corrected chi connectivity index (χ0v) is 23.1. The lowest BCUT2D eigenvalue weighted by Gasteiger charge is -2.14. The average molecular weight is 547 g/mol. The lowest BCUT2D eigenvalue weighted by Crippen LogP contribution is -2.16. The molecule has 37 heavy (non-hydrogen) atoms. The van der Waals surface area contributed by atoms with Gasteiger partial charge in [0.2, 0.25) is 11.7 Å². The first kappa shape index (κ1) is 26.8. The van der Waals surface area contributed by atoms with Crippen LogP contribution in [0.1, 0.15) is 40.1 Å². The Bertz CT molecular complexity index is 1280. The number of thiophene rings is 1. The Morgan fingerprint density at radius 3 is 2.38 bits per heavy atom. The van der Waals surface area contributed by atoms with Crippen LogP contribution in [0.2, 0.25) is 0 Å². The number of aryl methyl sites for hydroxylation is 1. The fraction of sp³-hybridized carbons (Fsp3) is 0.440. The van der Waals surface area contributed by atoms with Gasteiger partial charge in [0.25, 0.3) is 0 Å². The molecule has 1 amide bonds.